The highest BCUT2D eigenvalue weighted by Gasteiger charge is 2.45. The topological polar surface area (TPSA) is 32.5 Å². The van der Waals surface area contributed by atoms with E-state index in [1.165, 1.54) is 51.7 Å². The summed E-state index contributed by atoms with van der Waals surface area (Å²) in [6.07, 6.45) is 6.53. The molecule has 2 unspecified atom stereocenters. The average Bonchev–Trinajstić information content (AvgIpc) is 2.81. The lowest BCUT2D eigenvalue weighted by atomic mass is 9.83. The Morgan fingerprint density at radius 3 is 2.35 bits per heavy atom. The van der Waals surface area contributed by atoms with Crippen molar-refractivity contribution in [1.29, 1.82) is 0 Å². The highest BCUT2D eigenvalue weighted by atomic mass is 15.3. The largest absolute Gasteiger partial charge is 0.329 e. The molecule has 0 saturated carbocycles. The van der Waals surface area contributed by atoms with Crippen molar-refractivity contribution in [2.24, 2.45) is 11.7 Å². The van der Waals surface area contributed by atoms with Crippen molar-refractivity contribution in [1.82, 2.24) is 9.80 Å². The third-order valence-electron chi connectivity index (χ3n) is 5.59. The van der Waals surface area contributed by atoms with E-state index in [1.54, 1.807) is 0 Å². The van der Waals surface area contributed by atoms with Crippen LogP contribution in [0.1, 0.15) is 59.8 Å². The lowest BCUT2D eigenvalue weighted by molar-refractivity contribution is -0.00720. The molecule has 2 aliphatic heterocycles. The maximum Gasteiger partial charge on any atom is 0.0361 e. The van der Waals surface area contributed by atoms with Crippen molar-refractivity contribution in [3.05, 3.63) is 0 Å². The monoisotopic (exact) mass is 281 g/mol. The predicted molar refractivity (Wildman–Crippen MR) is 86.9 cm³/mol. The molecule has 0 radical (unpaired) electrons. The average molecular weight is 281 g/mol. The van der Waals surface area contributed by atoms with E-state index >= 15 is 0 Å². The number of nitrogens with zero attached hydrogens (tertiary/aromatic N) is 2. The standard InChI is InChI=1S/C17H35N3/c1-5-16-7-6-15(4)20(16)17(13-18)8-10-19(11-9-17)12-14(2)3/h14-16H,5-13,18H2,1-4H3. The van der Waals surface area contributed by atoms with Crippen LogP contribution in [0.2, 0.25) is 0 Å². The van der Waals surface area contributed by atoms with Gasteiger partial charge in [0.25, 0.3) is 0 Å². The molecule has 2 rings (SSSR count). The Morgan fingerprint density at radius 2 is 1.85 bits per heavy atom. The van der Waals surface area contributed by atoms with E-state index in [-0.39, 0.29) is 5.54 Å². The first-order valence-electron chi connectivity index (χ1n) is 8.73. The van der Waals surface area contributed by atoms with Gasteiger partial charge in [-0.15, -0.1) is 0 Å². The molecule has 118 valence electrons. The van der Waals surface area contributed by atoms with Crippen LogP contribution in [-0.2, 0) is 0 Å². The van der Waals surface area contributed by atoms with E-state index in [9.17, 15) is 0 Å². The molecular weight excluding hydrogens is 246 g/mol. The third kappa shape index (κ3) is 3.20. The molecule has 0 bridgehead atoms. The SMILES string of the molecule is CCC1CCC(C)N1C1(CN)CCN(CC(C)C)CC1. The van der Waals surface area contributed by atoms with Crippen LogP contribution < -0.4 is 5.73 Å². The quantitative estimate of drug-likeness (QED) is 0.841. The van der Waals surface area contributed by atoms with Crippen molar-refractivity contribution in [3.8, 4) is 0 Å². The van der Waals surface area contributed by atoms with Crippen LogP contribution >= 0.6 is 0 Å². The summed E-state index contributed by atoms with van der Waals surface area (Å²) < 4.78 is 0. The molecule has 2 aliphatic rings. The van der Waals surface area contributed by atoms with Gasteiger partial charge in [-0.3, -0.25) is 4.90 Å². The van der Waals surface area contributed by atoms with Gasteiger partial charge < -0.3 is 10.6 Å². The van der Waals surface area contributed by atoms with Gasteiger partial charge in [-0.2, -0.15) is 0 Å². The molecule has 2 N–H and O–H groups in total. The summed E-state index contributed by atoms with van der Waals surface area (Å²) in [7, 11) is 0. The molecule has 0 aromatic heterocycles. The Kier molecular flexibility index (Phi) is 5.49. The maximum absolute atomic E-state index is 6.28. The van der Waals surface area contributed by atoms with Crippen LogP contribution in [0.3, 0.4) is 0 Å². The molecule has 2 heterocycles. The zero-order valence-electron chi connectivity index (χ0n) is 14.1. The summed E-state index contributed by atoms with van der Waals surface area (Å²) in [5, 5.41) is 0. The normalized spacial score (nSPS) is 32.1. The Balaban J connectivity index is 2.04. The lowest BCUT2D eigenvalue weighted by Crippen LogP contribution is -2.62. The van der Waals surface area contributed by atoms with Gasteiger partial charge in [-0.25, -0.2) is 0 Å². The predicted octanol–water partition coefficient (Wildman–Crippen LogP) is 2.70. The second-order valence-corrected chi connectivity index (χ2v) is 7.52. The Labute approximate surface area is 125 Å². The van der Waals surface area contributed by atoms with E-state index in [0.717, 1.165) is 24.5 Å². The third-order valence-corrected chi connectivity index (χ3v) is 5.59. The van der Waals surface area contributed by atoms with Crippen molar-refractivity contribution in [2.75, 3.05) is 26.2 Å². The number of piperidine rings is 1. The molecule has 2 saturated heterocycles. The number of likely N-dealkylation sites (tertiary alicyclic amines) is 2. The van der Waals surface area contributed by atoms with Crippen LogP contribution in [0.4, 0.5) is 0 Å². The molecule has 2 atom stereocenters. The fraction of sp³-hybridized carbons (Fsp3) is 1.00. The summed E-state index contributed by atoms with van der Waals surface area (Å²) in [6.45, 7) is 13.9. The molecule has 0 spiro atoms. The zero-order valence-corrected chi connectivity index (χ0v) is 14.1. The first-order valence-corrected chi connectivity index (χ1v) is 8.73. The second kappa shape index (κ2) is 6.76. The van der Waals surface area contributed by atoms with Crippen LogP contribution in [-0.4, -0.2) is 53.6 Å². The lowest BCUT2D eigenvalue weighted by Gasteiger charge is -2.51. The first kappa shape index (κ1) is 16.3. The molecule has 20 heavy (non-hydrogen) atoms. The van der Waals surface area contributed by atoms with Gasteiger partial charge in [0.15, 0.2) is 0 Å². The van der Waals surface area contributed by atoms with Crippen LogP contribution in [0.5, 0.6) is 0 Å². The van der Waals surface area contributed by atoms with E-state index in [4.69, 9.17) is 5.73 Å². The summed E-state index contributed by atoms with van der Waals surface area (Å²) in [5.41, 5.74) is 6.57. The molecular formula is C17H35N3. The van der Waals surface area contributed by atoms with Gasteiger partial charge in [-0.1, -0.05) is 20.8 Å². The summed E-state index contributed by atoms with van der Waals surface area (Å²) in [5.74, 6) is 0.773. The fourth-order valence-electron chi connectivity index (χ4n) is 4.56. The highest BCUT2D eigenvalue weighted by Crippen LogP contribution is 2.38. The van der Waals surface area contributed by atoms with E-state index in [1.807, 2.05) is 0 Å². The zero-order chi connectivity index (χ0) is 14.8. The molecule has 0 aromatic carbocycles. The fourth-order valence-corrected chi connectivity index (χ4v) is 4.56. The molecule has 3 heteroatoms. The Hall–Kier alpha value is -0.120. The van der Waals surface area contributed by atoms with Gasteiger partial charge in [-0.05, 0) is 58.0 Å². The number of rotatable bonds is 5. The molecule has 0 aliphatic carbocycles. The molecule has 0 aromatic rings. The summed E-state index contributed by atoms with van der Waals surface area (Å²) in [4.78, 5) is 5.46. The first-order chi connectivity index (χ1) is 9.52. The summed E-state index contributed by atoms with van der Waals surface area (Å²) >= 11 is 0. The van der Waals surface area contributed by atoms with Crippen molar-refractivity contribution >= 4 is 0 Å². The highest BCUT2D eigenvalue weighted by molar-refractivity contribution is 5.03. The Bertz CT molecular complexity index is 295. The Morgan fingerprint density at radius 1 is 1.20 bits per heavy atom. The van der Waals surface area contributed by atoms with Gasteiger partial charge in [0.1, 0.15) is 0 Å². The molecule has 3 nitrogen and oxygen atoms in total. The van der Waals surface area contributed by atoms with E-state index in [0.29, 0.717) is 0 Å². The second-order valence-electron chi connectivity index (χ2n) is 7.52. The van der Waals surface area contributed by atoms with Gasteiger partial charge in [0.05, 0.1) is 0 Å². The van der Waals surface area contributed by atoms with Crippen molar-refractivity contribution < 1.29 is 0 Å². The van der Waals surface area contributed by atoms with Gasteiger partial charge >= 0.3 is 0 Å². The minimum absolute atomic E-state index is 0.282. The molecule has 2 fully saturated rings. The van der Waals surface area contributed by atoms with Crippen molar-refractivity contribution in [3.63, 3.8) is 0 Å². The number of nitrogens with two attached hydrogens (primary N) is 1. The minimum Gasteiger partial charge on any atom is -0.329 e. The van der Waals surface area contributed by atoms with Crippen molar-refractivity contribution in [2.45, 2.75) is 77.4 Å². The van der Waals surface area contributed by atoms with Gasteiger partial charge in [0, 0.05) is 30.7 Å². The van der Waals surface area contributed by atoms with E-state index in [2.05, 4.69) is 37.5 Å². The number of hydrogen-bond acceptors (Lipinski definition) is 3. The van der Waals surface area contributed by atoms with Crippen LogP contribution in [0.25, 0.3) is 0 Å². The smallest absolute Gasteiger partial charge is 0.0361 e. The molecule has 0 amide bonds. The van der Waals surface area contributed by atoms with Gasteiger partial charge in [0.2, 0.25) is 0 Å². The van der Waals surface area contributed by atoms with Crippen LogP contribution in [0, 0.1) is 5.92 Å². The minimum atomic E-state index is 0.282. The van der Waals surface area contributed by atoms with E-state index < -0.39 is 0 Å². The van der Waals surface area contributed by atoms with Crippen LogP contribution in [0.15, 0.2) is 0 Å². The maximum atomic E-state index is 6.28. The summed E-state index contributed by atoms with van der Waals surface area (Å²) in [6, 6.07) is 1.49. The number of hydrogen-bond donors (Lipinski definition) is 1.